The van der Waals surface area contributed by atoms with Crippen LogP contribution in [0.3, 0.4) is 0 Å². The van der Waals surface area contributed by atoms with Crippen molar-refractivity contribution in [2.75, 3.05) is 6.54 Å². The first-order valence-electron chi connectivity index (χ1n) is 5.99. The van der Waals surface area contributed by atoms with Crippen LogP contribution < -0.4 is 10.6 Å². The summed E-state index contributed by atoms with van der Waals surface area (Å²) in [6.07, 6.45) is 2.73. The van der Waals surface area contributed by atoms with Crippen LogP contribution in [0.2, 0.25) is 0 Å². The van der Waals surface area contributed by atoms with Crippen molar-refractivity contribution >= 4 is 5.91 Å². The summed E-state index contributed by atoms with van der Waals surface area (Å²) in [6, 6.07) is 0. The number of nitrogens with one attached hydrogen (secondary N) is 2. The Hall–Kier alpha value is -1.43. The third-order valence-electron chi connectivity index (χ3n) is 3.26. The first kappa shape index (κ1) is 12.0. The van der Waals surface area contributed by atoms with Crippen LogP contribution in [0.4, 0.5) is 0 Å². The van der Waals surface area contributed by atoms with Crippen molar-refractivity contribution in [3.8, 4) is 0 Å². The summed E-state index contributed by atoms with van der Waals surface area (Å²) in [5, 5.41) is 9.89. The van der Waals surface area contributed by atoms with Gasteiger partial charge in [-0.3, -0.25) is 4.79 Å². The number of carbonyl (C=O) groups excluding carboxylic acids is 1. The molecule has 1 aliphatic heterocycles. The van der Waals surface area contributed by atoms with Gasteiger partial charge in [-0.05, 0) is 25.8 Å². The van der Waals surface area contributed by atoms with Crippen LogP contribution in [0, 0.1) is 6.92 Å². The molecule has 1 atom stereocenters. The molecule has 0 saturated carbocycles. The number of aryl methyl sites for hydroxylation is 1. The van der Waals surface area contributed by atoms with Gasteiger partial charge in [-0.25, -0.2) is 0 Å². The topological polar surface area (TPSA) is 80.1 Å². The van der Waals surface area contributed by atoms with Gasteiger partial charge in [0.05, 0.1) is 12.1 Å². The van der Waals surface area contributed by atoms with Crippen molar-refractivity contribution in [2.24, 2.45) is 0 Å². The van der Waals surface area contributed by atoms with Crippen molar-refractivity contribution in [1.29, 1.82) is 0 Å². The fourth-order valence-corrected chi connectivity index (χ4v) is 2.20. The van der Waals surface area contributed by atoms with Gasteiger partial charge < -0.3 is 15.2 Å². The van der Waals surface area contributed by atoms with E-state index in [1.165, 1.54) is 0 Å². The van der Waals surface area contributed by atoms with Crippen LogP contribution in [0.5, 0.6) is 0 Å². The predicted molar refractivity (Wildman–Crippen MR) is 61.1 cm³/mol. The van der Waals surface area contributed by atoms with E-state index < -0.39 is 5.54 Å². The van der Waals surface area contributed by atoms with Gasteiger partial charge in [-0.15, -0.1) is 0 Å². The fraction of sp³-hybridized carbons (Fsp3) is 0.727. The molecule has 17 heavy (non-hydrogen) atoms. The molecule has 2 N–H and O–H groups in total. The third kappa shape index (κ3) is 2.46. The van der Waals surface area contributed by atoms with Gasteiger partial charge in [0.25, 0.3) is 0 Å². The molecule has 1 saturated heterocycles. The normalized spacial score (nSPS) is 23.9. The number of aromatic nitrogens is 2. The first-order chi connectivity index (χ1) is 8.16. The maximum atomic E-state index is 12.1. The van der Waals surface area contributed by atoms with Gasteiger partial charge in [0, 0.05) is 6.92 Å². The molecule has 6 heteroatoms. The molecule has 0 spiro atoms. The largest absolute Gasteiger partial charge is 0.347 e. The lowest BCUT2D eigenvalue weighted by molar-refractivity contribution is -0.127. The third-order valence-corrected chi connectivity index (χ3v) is 3.26. The first-order valence-corrected chi connectivity index (χ1v) is 5.99. The van der Waals surface area contributed by atoms with Gasteiger partial charge in [-0.2, -0.15) is 4.98 Å². The Morgan fingerprint density at radius 1 is 1.65 bits per heavy atom. The molecule has 2 heterocycles. The highest BCUT2D eigenvalue weighted by molar-refractivity contribution is 5.86. The molecular formula is C11H18N4O2. The van der Waals surface area contributed by atoms with Gasteiger partial charge >= 0.3 is 0 Å². The fourth-order valence-electron chi connectivity index (χ4n) is 2.20. The molecule has 0 aromatic carbocycles. The predicted octanol–water partition coefficient (Wildman–Crippen LogP) is 0.526. The molecular weight excluding hydrogens is 220 g/mol. The molecule has 0 bridgehead atoms. The molecule has 0 aliphatic carbocycles. The monoisotopic (exact) mass is 238 g/mol. The summed E-state index contributed by atoms with van der Waals surface area (Å²) >= 11 is 0. The van der Waals surface area contributed by atoms with Crippen molar-refractivity contribution < 1.29 is 9.32 Å². The SMILES string of the molecule is CCC1(C(=O)NCc2noc(C)n2)CCCN1. The number of carbonyl (C=O) groups is 1. The summed E-state index contributed by atoms with van der Waals surface area (Å²) in [7, 11) is 0. The summed E-state index contributed by atoms with van der Waals surface area (Å²) in [6.45, 7) is 4.98. The van der Waals surface area contributed by atoms with Crippen LogP contribution in [0.15, 0.2) is 4.52 Å². The number of nitrogens with zero attached hydrogens (tertiary/aromatic N) is 2. The summed E-state index contributed by atoms with van der Waals surface area (Å²) in [5.74, 6) is 1.05. The average Bonchev–Trinajstić information content (AvgIpc) is 2.95. The standard InChI is InChI=1S/C11H18N4O2/c1-3-11(5-4-6-13-11)10(16)12-7-9-14-8(2)17-15-9/h13H,3-7H2,1-2H3,(H,12,16). The van der Waals surface area contributed by atoms with E-state index in [0.717, 1.165) is 25.8 Å². The maximum Gasteiger partial charge on any atom is 0.240 e. The summed E-state index contributed by atoms with van der Waals surface area (Å²) < 4.78 is 4.85. The van der Waals surface area contributed by atoms with Crippen molar-refractivity contribution in [1.82, 2.24) is 20.8 Å². The van der Waals surface area contributed by atoms with Crippen LogP contribution in [0.25, 0.3) is 0 Å². The summed E-state index contributed by atoms with van der Waals surface area (Å²) in [4.78, 5) is 16.2. The number of rotatable bonds is 4. The molecule has 1 aromatic heterocycles. The summed E-state index contributed by atoms with van der Waals surface area (Å²) in [5.41, 5.74) is -0.404. The molecule has 1 unspecified atom stereocenters. The maximum absolute atomic E-state index is 12.1. The molecule has 0 radical (unpaired) electrons. The van der Waals surface area contributed by atoms with Crippen molar-refractivity contribution in [2.45, 2.75) is 45.2 Å². The van der Waals surface area contributed by atoms with Gasteiger partial charge in [-0.1, -0.05) is 12.1 Å². The average molecular weight is 238 g/mol. The zero-order chi connectivity index (χ0) is 12.3. The number of hydrogen-bond donors (Lipinski definition) is 2. The van der Waals surface area contributed by atoms with E-state index in [1.807, 2.05) is 6.92 Å². The zero-order valence-corrected chi connectivity index (χ0v) is 10.2. The second-order valence-electron chi connectivity index (χ2n) is 4.38. The Balaban J connectivity index is 1.92. The number of amides is 1. The minimum absolute atomic E-state index is 0.0277. The minimum Gasteiger partial charge on any atom is -0.347 e. The molecule has 1 aromatic rings. The molecule has 1 fully saturated rings. The van der Waals surface area contributed by atoms with E-state index in [4.69, 9.17) is 4.52 Å². The Kier molecular flexibility index (Phi) is 3.42. The highest BCUT2D eigenvalue weighted by atomic mass is 16.5. The van der Waals surface area contributed by atoms with Crippen LogP contribution in [0.1, 0.15) is 37.9 Å². The Morgan fingerprint density at radius 3 is 3.00 bits per heavy atom. The van der Waals surface area contributed by atoms with Gasteiger partial charge in [0.2, 0.25) is 11.8 Å². The minimum atomic E-state index is -0.404. The van der Waals surface area contributed by atoms with E-state index in [1.54, 1.807) is 6.92 Å². The lowest BCUT2D eigenvalue weighted by atomic mass is 9.93. The van der Waals surface area contributed by atoms with Crippen LogP contribution in [-0.2, 0) is 11.3 Å². The van der Waals surface area contributed by atoms with Crippen LogP contribution in [-0.4, -0.2) is 28.1 Å². The van der Waals surface area contributed by atoms with E-state index in [9.17, 15) is 4.79 Å². The van der Waals surface area contributed by atoms with Crippen LogP contribution >= 0.6 is 0 Å². The quantitative estimate of drug-likeness (QED) is 0.799. The molecule has 6 nitrogen and oxygen atoms in total. The van der Waals surface area contributed by atoms with E-state index in [-0.39, 0.29) is 5.91 Å². The Morgan fingerprint density at radius 2 is 2.47 bits per heavy atom. The Labute approximate surface area is 100 Å². The second kappa shape index (κ2) is 4.83. The van der Waals surface area contributed by atoms with Gasteiger partial charge in [0.15, 0.2) is 5.82 Å². The van der Waals surface area contributed by atoms with E-state index in [2.05, 4.69) is 20.8 Å². The smallest absolute Gasteiger partial charge is 0.240 e. The molecule has 1 amide bonds. The highest BCUT2D eigenvalue weighted by Gasteiger charge is 2.38. The van der Waals surface area contributed by atoms with Gasteiger partial charge in [0.1, 0.15) is 0 Å². The Bertz CT molecular complexity index is 396. The second-order valence-corrected chi connectivity index (χ2v) is 4.38. The molecule has 1 aliphatic rings. The van der Waals surface area contributed by atoms with Crippen molar-refractivity contribution in [3.63, 3.8) is 0 Å². The van der Waals surface area contributed by atoms with E-state index in [0.29, 0.717) is 18.3 Å². The number of hydrogen-bond acceptors (Lipinski definition) is 5. The zero-order valence-electron chi connectivity index (χ0n) is 10.2. The van der Waals surface area contributed by atoms with E-state index >= 15 is 0 Å². The molecule has 2 rings (SSSR count). The lowest BCUT2D eigenvalue weighted by Gasteiger charge is -2.26. The lowest BCUT2D eigenvalue weighted by Crippen LogP contribution is -2.52. The highest BCUT2D eigenvalue weighted by Crippen LogP contribution is 2.23. The molecule has 94 valence electrons. The van der Waals surface area contributed by atoms with Crippen molar-refractivity contribution in [3.05, 3.63) is 11.7 Å².